The second kappa shape index (κ2) is 5.93. The van der Waals surface area contributed by atoms with E-state index in [0.717, 1.165) is 4.47 Å². The van der Waals surface area contributed by atoms with Gasteiger partial charge >= 0.3 is 6.18 Å². The molecule has 0 aliphatic heterocycles. The summed E-state index contributed by atoms with van der Waals surface area (Å²) in [6.07, 6.45) is -4.24. The Kier molecular flexibility index (Phi) is 5.04. The van der Waals surface area contributed by atoms with Gasteiger partial charge in [0.15, 0.2) is 0 Å². The first-order chi connectivity index (χ1) is 8.26. The number of benzene rings is 1. The maximum Gasteiger partial charge on any atom is 0.405 e. The highest BCUT2D eigenvalue weighted by atomic mass is 79.9. The van der Waals surface area contributed by atoms with Gasteiger partial charge in [0.1, 0.15) is 6.54 Å². The summed E-state index contributed by atoms with van der Waals surface area (Å²) in [4.78, 5) is 1.31. The molecule has 0 bridgehead atoms. The van der Waals surface area contributed by atoms with Crippen molar-refractivity contribution < 1.29 is 13.2 Å². The molecule has 1 rings (SSSR count). The molecular weight excluding hydrogens is 309 g/mol. The van der Waals surface area contributed by atoms with Gasteiger partial charge < -0.3 is 10.6 Å². The first kappa shape index (κ1) is 15.3. The molecule has 0 radical (unpaired) electrons. The quantitative estimate of drug-likeness (QED) is 0.915. The number of anilines is 1. The zero-order valence-electron chi connectivity index (χ0n) is 10.3. The highest BCUT2D eigenvalue weighted by Gasteiger charge is 2.32. The molecule has 1 aromatic carbocycles. The molecule has 0 unspecified atom stereocenters. The van der Waals surface area contributed by atoms with Crippen LogP contribution < -0.4 is 10.6 Å². The predicted molar refractivity (Wildman–Crippen MR) is 70.6 cm³/mol. The number of nitrogens with two attached hydrogens (primary N) is 1. The van der Waals surface area contributed by atoms with E-state index in [0.29, 0.717) is 11.3 Å². The van der Waals surface area contributed by atoms with Crippen molar-refractivity contribution in [2.24, 2.45) is 5.73 Å². The van der Waals surface area contributed by atoms with Crippen LogP contribution in [0.25, 0.3) is 0 Å². The Morgan fingerprint density at radius 2 is 1.94 bits per heavy atom. The van der Waals surface area contributed by atoms with E-state index in [1.165, 1.54) is 4.90 Å². The zero-order chi connectivity index (χ0) is 13.9. The van der Waals surface area contributed by atoms with Gasteiger partial charge in [0.25, 0.3) is 0 Å². The van der Waals surface area contributed by atoms with Crippen LogP contribution in [0, 0.1) is 0 Å². The summed E-state index contributed by atoms with van der Waals surface area (Å²) >= 11 is 3.32. The summed E-state index contributed by atoms with van der Waals surface area (Å²) in [7, 11) is 0. The van der Waals surface area contributed by atoms with Gasteiger partial charge in [0.2, 0.25) is 0 Å². The minimum atomic E-state index is -4.24. The molecule has 1 aromatic rings. The third kappa shape index (κ3) is 3.88. The van der Waals surface area contributed by atoms with Crippen LogP contribution in [-0.2, 0) is 6.54 Å². The van der Waals surface area contributed by atoms with Crippen molar-refractivity contribution in [1.29, 1.82) is 0 Å². The Morgan fingerprint density at radius 3 is 2.39 bits per heavy atom. The number of hydrogen-bond acceptors (Lipinski definition) is 2. The van der Waals surface area contributed by atoms with E-state index in [4.69, 9.17) is 5.73 Å². The van der Waals surface area contributed by atoms with Crippen molar-refractivity contribution in [2.45, 2.75) is 32.6 Å². The van der Waals surface area contributed by atoms with Crippen molar-refractivity contribution in [3.63, 3.8) is 0 Å². The van der Waals surface area contributed by atoms with Crippen LogP contribution in [0.2, 0.25) is 0 Å². The number of nitrogens with zero attached hydrogens (tertiary/aromatic N) is 1. The van der Waals surface area contributed by atoms with Gasteiger partial charge in [-0.3, -0.25) is 0 Å². The Labute approximate surface area is 113 Å². The lowest BCUT2D eigenvalue weighted by Gasteiger charge is -2.31. The first-order valence-corrected chi connectivity index (χ1v) is 6.36. The van der Waals surface area contributed by atoms with Crippen molar-refractivity contribution >= 4 is 21.6 Å². The summed E-state index contributed by atoms with van der Waals surface area (Å²) < 4.78 is 38.5. The molecule has 18 heavy (non-hydrogen) atoms. The molecule has 6 heteroatoms. The molecule has 102 valence electrons. The average molecular weight is 325 g/mol. The Morgan fingerprint density at radius 1 is 1.33 bits per heavy atom. The first-order valence-electron chi connectivity index (χ1n) is 5.57. The van der Waals surface area contributed by atoms with Gasteiger partial charge in [0.05, 0.1) is 0 Å². The molecule has 0 aromatic heterocycles. The number of halogens is 4. The van der Waals surface area contributed by atoms with Gasteiger partial charge in [-0.05, 0) is 26.0 Å². The smallest absolute Gasteiger partial charge is 0.360 e. The topological polar surface area (TPSA) is 29.3 Å². The largest absolute Gasteiger partial charge is 0.405 e. The van der Waals surface area contributed by atoms with Crippen molar-refractivity contribution in [3.8, 4) is 0 Å². The Bertz CT molecular complexity index is 405. The molecule has 2 N–H and O–H groups in total. The molecule has 0 fully saturated rings. The van der Waals surface area contributed by atoms with Gasteiger partial charge in [-0.25, -0.2) is 0 Å². The monoisotopic (exact) mass is 324 g/mol. The van der Waals surface area contributed by atoms with E-state index in [-0.39, 0.29) is 12.6 Å². The second-order valence-corrected chi connectivity index (χ2v) is 5.13. The minimum absolute atomic E-state index is 0.192. The van der Waals surface area contributed by atoms with E-state index in [9.17, 15) is 13.2 Å². The zero-order valence-corrected chi connectivity index (χ0v) is 11.8. The maximum atomic E-state index is 12.6. The molecule has 2 nitrogen and oxygen atoms in total. The van der Waals surface area contributed by atoms with Crippen LogP contribution >= 0.6 is 15.9 Å². The lowest BCUT2D eigenvalue weighted by Crippen LogP contribution is -2.39. The molecular formula is C12H16BrF3N2. The van der Waals surface area contributed by atoms with Gasteiger partial charge in [-0.15, -0.1) is 0 Å². The molecule has 0 heterocycles. The summed E-state index contributed by atoms with van der Waals surface area (Å²) in [5.41, 5.74) is 6.83. The molecule has 0 aliphatic carbocycles. The summed E-state index contributed by atoms with van der Waals surface area (Å²) in [5, 5.41) is 0. The van der Waals surface area contributed by atoms with E-state index in [2.05, 4.69) is 15.9 Å². The lowest BCUT2D eigenvalue weighted by molar-refractivity contribution is -0.120. The predicted octanol–water partition coefficient (Wildman–Crippen LogP) is 3.68. The van der Waals surface area contributed by atoms with E-state index >= 15 is 0 Å². The second-order valence-electron chi connectivity index (χ2n) is 4.28. The summed E-state index contributed by atoms with van der Waals surface area (Å²) in [5.74, 6) is 0. The Hall–Kier alpha value is -0.750. The SMILES string of the molecule is CC(C)N(CC(F)(F)F)c1cccc(Br)c1CN. The Balaban J connectivity index is 3.18. The van der Waals surface area contributed by atoms with Crippen LogP contribution in [0.5, 0.6) is 0 Å². The molecule has 0 amide bonds. The van der Waals surface area contributed by atoms with Crippen LogP contribution in [0.4, 0.5) is 18.9 Å². The van der Waals surface area contributed by atoms with Crippen LogP contribution in [0.1, 0.15) is 19.4 Å². The van der Waals surface area contributed by atoms with Crippen molar-refractivity contribution in [1.82, 2.24) is 0 Å². The molecule has 0 spiro atoms. The van der Waals surface area contributed by atoms with Crippen LogP contribution in [0.15, 0.2) is 22.7 Å². The van der Waals surface area contributed by atoms with Gasteiger partial charge in [0, 0.05) is 28.3 Å². The fourth-order valence-electron chi connectivity index (χ4n) is 1.76. The standard InChI is InChI=1S/C12H16BrF3N2/c1-8(2)18(7-12(14,15)16)11-5-3-4-10(13)9(11)6-17/h3-5,8H,6-7,17H2,1-2H3. The van der Waals surface area contributed by atoms with E-state index in [1.807, 2.05) is 0 Å². The molecule has 0 atom stereocenters. The molecule has 0 saturated heterocycles. The summed E-state index contributed by atoms with van der Waals surface area (Å²) in [6, 6.07) is 4.90. The van der Waals surface area contributed by atoms with E-state index < -0.39 is 12.7 Å². The van der Waals surface area contributed by atoms with Gasteiger partial charge in [-0.1, -0.05) is 22.0 Å². The van der Waals surface area contributed by atoms with E-state index in [1.54, 1.807) is 32.0 Å². The minimum Gasteiger partial charge on any atom is -0.360 e. The third-order valence-electron chi connectivity index (χ3n) is 2.58. The summed E-state index contributed by atoms with van der Waals surface area (Å²) in [6.45, 7) is 2.67. The fraction of sp³-hybridized carbons (Fsp3) is 0.500. The molecule has 0 aliphatic rings. The highest BCUT2D eigenvalue weighted by Crippen LogP contribution is 2.31. The van der Waals surface area contributed by atoms with Crippen molar-refractivity contribution in [3.05, 3.63) is 28.2 Å². The number of alkyl halides is 3. The maximum absolute atomic E-state index is 12.6. The highest BCUT2D eigenvalue weighted by molar-refractivity contribution is 9.10. The third-order valence-corrected chi connectivity index (χ3v) is 3.32. The normalized spacial score (nSPS) is 12.0. The average Bonchev–Trinajstić information content (AvgIpc) is 2.24. The lowest BCUT2D eigenvalue weighted by atomic mass is 10.1. The number of hydrogen-bond donors (Lipinski definition) is 1. The van der Waals surface area contributed by atoms with Crippen LogP contribution in [0.3, 0.4) is 0 Å². The van der Waals surface area contributed by atoms with Gasteiger partial charge in [-0.2, -0.15) is 13.2 Å². The fourth-order valence-corrected chi connectivity index (χ4v) is 2.28. The number of rotatable bonds is 4. The van der Waals surface area contributed by atoms with Crippen LogP contribution in [-0.4, -0.2) is 18.8 Å². The molecule has 0 saturated carbocycles. The van der Waals surface area contributed by atoms with Crippen molar-refractivity contribution in [2.75, 3.05) is 11.4 Å².